The number of hydrogen-bond donors (Lipinski definition) is 0. The number of rotatable bonds is 7. The van der Waals surface area contributed by atoms with Crippen molar-refractivity contribution in [3.63, 3.8) is 0 Å². The molecule has 3 aromatic rings. The maximum Gasteiger partial charge on any atom is 0.118 e. The number of aromatic nitrogens is 1. The minimum Gasteiger partial charge on any atom is -0.497 e. The SMILES string of the molecule is CCc1cccc(CC)c1-c1ccc(CN2CCCC(c3ccc(OC)cc3)C2)c(C)n1. The van der Waals surface area contributed by atoms with Crippen LogP contribution in [0.4, 0.5) is 0 Å². The largest absolute Gasteiger partial charge is 0.497 e. The van der Waals surface area contributed by atoms with Gasteiger partial charge in [0, 0.05) is 24.3 Å². The molecule has 3 heteroatoms. The van der Waals surface area contributed by atoms with E-state index in [4.69, 9.17) is 9.72 Å². The molecule has 0 N–H and O–H groups in total. The van der Waals surface area contributed by atoms with Crippen LogP contribution >= 0.6 is 0 Å². The molecule has 0 spiro atoms. The molecule has 2 aromatic carbocycles. The predicted molar refractivity (Wildman–Crippen MR) is 133 cm³/mol. The van der Waals surface area contributed by atoms with E-state index < -0.39 is 0 Å². The lowest BCUT2D eigenvalue weighted by atomic mass is 9.90. The summed E-state index contributed by atoms with van der Waals surface area (Å²) in [7, 11) is 1.73. The topological polar surface area (TPSA) is 25.4 Å². The summed E-state index contributed by atoms with van der Waals surface area (Å²) in [6, 6.07) is 19.8. The normalized spacial score (nSPS) is 16.8. The van der Waals surface area contributed by atoms with Gasteiger partial charge in [-0.05, 0) is 85.5 Å². The summed E-state index contributed by atoms with van der Waals surface area (Å²) < 4.78 is 5.32. The summed E-state index contributed by atoms with van der Waals surface area (Å²) in [4.78, 5) is 7.68. The Morgan fingerprint density at radius 1 is 0.938 bits per heavy atom. The molecule has 3 nitrogen and oxygen atoms in total. The first-order valence-electron chi connectivity index (χ1n) is 12.1. The number of nitrogens with zero attached hydrogens (tertiary/aromatic N) is 2. The molecule has 0 amide bonds. The highest BCUT2D eigenvalue weighted by molar-refractivity contribution is 5.68. The molecule has 1 saturated heterocycles. The van der Waals surface area contributed by atoms with Crippen molar-refractivity contribution >= 4 is 0 Å². The second-order valence-electron chi connectivity index (χ2n) is 8.95. The maximum atomic E-state index is 5.32. The van der Waals surface area contributed by atoms with Crippen LogP contribution in [0.25, 0.3) is 11.3 Å². The second-order valence-corrected chi connectivity index (χ2v) is 8.95. The molecule has 4 rings (SSSR count). The fourth-order valence-electron chi connectivity index (χ4n) is 5.06. The zero-order valence-electron chi connectivity index (χ0n) is 20.0. The Bertz CT molecular complexity index is 1020. The Morgan fingerprint density at radius 2 is 1.66 bits per heavy atom. The standard InChI is InChI=1S/C29H36N2O/c1-5-22-9-7-10-23(6-2)29(22)28-17-14-25(21(3)30-28)19-31-18-8-11-26(20-31)24-12-15-27(32-4)16-13-24/h7,9-10,12-17,26H,5-6,8,11,18-20H2,1-4H3. The van der Waals surface area contributed by atoms with Crippen LogP contribution in [0.2, 0.25) is 0 Å². The molecule has 0 radical (unpaired) electrons. The van der Waals surface area contributed by atoms with Crippen LogP contribution in [-0.2, 0) is 19.4 Å². The molecule has 2 heterocycles. The van der Waals surface area contributed by atoms with E-state index in [9.17, 15) is 0 Å². The van der Waals surface area contributed by atoms with E-state index in [-0.39, 0.29) is 0 Å². The van der Waals surface area contributed by atoms with E-state index in [1.165, 1.54) is 40.7 Å². The zero-order valence-corrected chi connectivity index (χ0v) is 20.0. The Labute approximate surface area is 193 Å². The summed E-state index contributed by atoms with van der Waals surface area (Å²) in [5.74, 6) is 1.52. The maximum absolute atomic E-state index is 5.32. The van der Waals surface area contributed by atoms with Crippen molar-refractivity contribution in [1.82, 2.24) is 9.88 Å². The van der Waals surface area contributed by atoms with Gasteiger partial charge in [0.05, 0.1) is 12.8 Å². The first-order chi connectivity index (χ1) is 15.6. The lowest BCUT2D eigenvalue weighted by Gasteiger charge is -2.33. The van der Waals surface area contributed by atoms with E-state index in [0.29, 0.717) is 5.92 Å². The smallest absolute Gasteiger partial charge is 0.118 e. The molecule has 1 unspecified atom stereocenters. The van der Waals surface area contributed by atoms with Gasteiger partial charge in [0.1, 0.15) is 5.75 Å². The van der Waals surface area contributed by atoms with Crippen LogP contribution in [0.1, 0.15) is 60.6 Å². The first kappa shape index (κ1) is 22.5. The molecule has 1 aliphatic heterocycles. The number of piperidine rings is 1. The third-order valence-corrected chi connectivity index (χ3v) is 6.94. The fraction of sp³-hybridized carbons (Fsp3) is 0.414. The molecule has 0 saturated carbocycles. The van der Waals surface area contributed by atoms with Crippen molar-refractivity contribution in [1.29, 1.82) is 0 Å². The van der Waals surface area contributed by atoms with Gasteiger partial charge in [-0.15, -0.1) is 0 Å². The molecule has 32 heavy (non-hydrogen) atoms. The van der Waals surface area contributed by atoms with Crippen molar-refractivity contribution in [3.05, 3.63) is 82.5 Å². The van der Waals surface area contributed by atoms with E-state index >= 15 is 0 Å². The van der Waals surface area contributed by atoms with Gasteiger partial charge < -0.3 is 4.74 Å². The first-order valence-corrected chi connectivity index (χ1v) is 12.1. The van der Waals surface area contributed by atoms with Crippen molar-refractivity contribution in [2.45, 2.75) is 58.9 Å². The number of likely N-dealkylation sites (tertiary alicyclic amines) is 1. The van der Waals surface area contributed by atoms with E-state index in [1.54, 1.807) is 7.11 Å². The van der Waals surface area contributed by atoms with Gasteiger partial charge in [-0.3, -0.25) is 9.88 Å². The summed E-state index contributed by atoms with van der Waals surface area (Å²) in [5, 5.41) is 0. The Balaban J connectivity index is 1.51. The number of benzene rings is 2. The molecule has 1 fully saturated rings. The quantitative estimate of drug-likeness (QED) is 0.425. The van der Waals surface area contributed by atoms with Gasteiger partial charge in [-0.2, -0.15) is 0 Å². The average Bonchev–Trinajstić information content (AvgIpc) is 2.85. The number of aryl methyl sites for hydroxylation is 3. The van der Waals surface area contributed by atoms with Crippen molar-refractivity contribution < 1.29 is 4.74 Å². The van der Waals surface area contributed by atoms with E-state index in [2.05, 4.69) is 80.3 Å². The van der Waals surface area contributed by atoms with Crippen molar-refractivity contribution in [2.24, 2.45) is 0 Å². The molecular weight excluding hydrogens is 392 g/mol. The molecule has 0 bridgehead atoms. The number of pyridine rings is 1. The minimum absolute atomic E-state index is 0.589. The average molecular weight is 429 g/mol. The summed E-state index contributed by atoms with van der Waals surface area (Å²) >= 11 is 0. The van der Waals surface area contributed by atoms with Gasteiger partial charge >= 0.3 is 0 Å². The zero-order chi connectivity index (χ0) is 22.5. The van der Waals surface area contributed by atoms with Crippen LogP contribution in [0.5, 0.6) is 5.75 Å². The number of ether oxygens (including phenoxy) is 1. The summed E-state index contributed by atoms with van der Waals surface area (Å²) in [5.41, 5.74) is 9.16. The number of methoxy groups -OCH3 is 1. The minimum atomic E-state index is 0.589. The predicted octanol–water partition coefficient (Wildman–Crippen LogP) is 6.57. The summed E-state index contributed by atoms with van der Waals surface area (Å²) in [6.07, 6.45) is 4.57. The highest BCUT2D eigenvalue weighted by atomic mass is 16.5. The van der Waals surface area contributed by atoms with Gasteiger partial charge in [-0.25, -0.2) is 0 Å². The van der Waals surface area contributed by atoms with Gasteiger partial charge in [0.15, 0.2) is 0 Å². The third-order valence-electron chi connectivity index (χ3n) is 6.94. The van der Waals surface area contributed by atoms with Crippen molar-refractivity contribution in [2.75, 3.05) is 20.2 Å². The monoisotopic (exact) mass is 428 g/mol. The molecule has 1 aromatic heterocycles. The molecule has 168 valence electrons. The van der Waals surface area contributed by atoms with E-state index in [1.807, 2.05) is 0 Å². The number of hydrogen-bond acceptors (Lipinski definition) is 3. The summed E-state index contributed by atoms with van der Waals surface area (Å²) in [6.45, 7) is 9.87. The second kappa shape index (κ2) is 10.3. The van der Waals surface area contributed by atoms with Crippen LogP contribution < -0.4 is 4.74 Å². The van der Waals surface area contributed by atoms with Crippen LogP contribution in [0.3, 0.4) is 0 Å². The van der Waals surface area contributed by atoms with Gasteiger partial charge in [0.2, 0.25) is 0 Å². The lowest BCUT2D eigenvalue weighted by Crippen LogP contribution is -2.34. The fourth-order valence-corrected chi connectivity index (χ4v) is 5.06. The van der Waals surface area contributed by atoms with Crippen LogP contribution in [-0.4, -0.2) is 30.1 Å². The lowest BCUT2D eigenvalue weighted by molar-refractivity contribution is 0.199. The van der Waals surface area contributed by atoms with Crippen molar-refractivity contribution in [3.8, 4) is 17.0 Å². The van der Waals surface area contributed by atoms with Crippen LogP contribution in [0.15, 0.2) is 54.6 Å². The highest BCUT2D eigenvalue weighted by Gasteiger charge is 2.22. The molecular formula is C29H36N2O. The van der Waals surface area contributed by atoms with Gasteiger partial charge in [0.25, 0.3) is 0 Å². The third kappa shape index (κ3) is 4.88. The molecule has 1 atom stereocenters. The van der Waals surface area contributed by atoms with Gasteiger partial charge in [-0.1, -0.05) is 50.2 Å². The molecule has 1 aliphatic rings. The van der Waals surface area contributed by atoms with E-state index in [0.717, 1.165) is 49.6 Å². The van der Waals surface area contributed by atoms with Crippen LogP contribution in [0, 0.1) is 6.92 Å². The molecule has 0 aliphatic carbocycles. The Hall–Kier alpha value is -2.65. The Morgan fingerprint density at radius 3 is 2.28 bits per heavy atom. The highest BCUT2D eigenvalue weighted by Crippen LogP contribution is 2.31. The Kier molecular flexibility index (Phi) is 7.26.